The number of methoxy groups -OCH3 is 3. The largest absolute Gasteiger partial charge is 0.496 e. The standard InChI is InChI=1S/C24H26N4O4/c1-30-19-7-5-17(13-18(19)15-29)23-24(28-11-10-25-14-22(28)27-23)26-9-8-16-4-6-20(31-2)21(12-16)32-3/h4-7,10-14,26,29H,8-9,15H2,1-3H3. The zero-order valence-corrected chi connectivity index (χ0v) is 18.3. The summed E-state index contributed by atoms with van der Waals surface area (Å²) in [6, 6.07) is 11.6. The molecule has 0 amide bonds. The molecule has 0 aliphatic heterocycles. The van der Waals surface area contributed by atoms with Crippen molar-refractivity contribution in [3.05, 3.63) is 66.1 Å². The predicted molar refractivity (Wildman–Crippen MR) is 123 cm³/mol. The van der Waals surface area contributed by atoms with Gasteiger partial charge in [0, 0.05) is 30.1 Å². The van der Waals surface area contributed by atoms with E-state index in [2.05, 4.69) is 10.3 Å². The van der Waals surface area contributed by atoms with Gasteiger partial charge in [-0.2, -0.15) is 0 Å². The minimum atomic E-state index is -0.117. The molecule has 0 saturated heterocycles. The third-order valence-electron chi connectivity index (χ3n) is 5.31. The first kappa shape index (κ1) is 21.5. The molecule has 2 aromatic heterocycles. The number of benzene rings is 2. The number of aromatic nitrogens is 3. The Morgan fingerprint density at radius 1 is 0.969 bits per heavy atom. The fourth-order valence-electron chi connectivity index (χ4n) is 3.69. The molecule has 0 aliphatic carbocycles. The number of hydrogen-bond acceptors (Lipinski definition) is 7. The summed E-state index contributed by atoms with van der Waals surface area (Å²) in [5.74, 6) is 2.92. The van der Waals surface area contributed by atoms with E-state index in [9.17, 15) is 5.11 Å². The van der Waals surface area contributed by atoms with Crippen LogP contribution in [-0.2, 0) is 13.0 Å². The topological polar surface area (TPSA) is 90.1 Å². The van der Waals surface area contributed by atoms with Crippen molar-refractivity contribution in [1.29, 1.82) is 0 Å². The monoisotopic (exact) mass is 434 g/mol. The molecule has 0 atom stereocenters. The molecule has 166 valence electrons. The zero-order valence-electron chi connectivity index (χ0n) is 18.3. The van der Waals surface area contributed by atoms with Crippen LogP contribution in [0, 0.1) is 0 Å². The number of aliphatic hydroxyl groups excluding tert-OH is 1. The van der Waals surface area contributed by atoms with E-state index < -0.39 is 0 Å². The summed E-state index contributed by atoms with van der Waals surface area (Å²) < 4.78 is 18.0. The molecule has 8 heteroatoms. The van der Waals surface area contributed by atoms with Crippen molar-refractivity contribution in [1.82, 2.24) is 14.4 Å². The van der Waals surface area contributed by atoms with Gasteiger partial charge in [-0.05, 0) is 42.3 Å². The van der Waals surface area contributed by atoms with Crippen LogP contribution < -0.4 is 19.5 Å². The highest BCUT2D eigenvalue weighted by Crippen LogP contribution is 2.32. The van der Waals surface area contributed by atoms with E-state index in [0.29, 0.717) is 29.4 Å². The van der Waals surface area contributed by atoms with Crippen molar-refractivity contribution in [2.24, 2.45) is 0 Å². The predicted octanol–water partition coefficient (Wildman–Crippen LogP) is 3.57. The Balaban J connectivity index is 1.63. The van der Waals surface area contributed by atoms with Gasteiger partial charge in [0.05, 0.1) is 34.1 Å². The summed E-state index contributed by atoms with van der Waals surface area (Å²) in [7, 11) is 4.85. The van der Waals surface area contributed by atoms with Crippen molar-refractivity contribution in [2.75, 3.05) is 33.2 Å². The van der Waals surface area contributed by atoms with Crippen molar-refractivity contribution < 1.29 is 19.3 Å². The van der Waals surface area contributed by atoms with Gasteiger partial charge < -0.3 is 24.6 Å². The van der Waals surface area contributed by atoms with E-state index in [-0.39, 0.29) is 6.61 Å². The van der Waals surface area contributed by atoms with Crippen LogP contribution in [0.4, 0.5) is 5.82 Å². The summed E-state index contributed by atoms with van der Waals surface area (Å²) in [5, 5.41) is 13.2. The number of hydrogen-bond donors (Lipinski definition) is 2. The minimum absolute atomic E-state index is 0.117. The van der Waals surface area contributed by atoms with Crippen LogP contribution in [0.1, 0.15) is 11.1 Å². The number of nitrogens with zero attached hydrogens (tertiary/aromatic N) is 3. The third-order valence-corrected chi connectivity index (χ3v) is 5.31. The van der Waals surface area contributed by atoms with Crippen molar-refractivity contribution in [3.63, 3.8) is 0 Å². The van der Waals surface area contributed by atoms with Gasteiger partial charge in [-0.25, -0.2) is 4.98 Å². The smallest absolute Gasteiger partial charge is 0.160 e. The second kappa shape index (κ2) is 9.57. The highest BCUT2D eigenvalue weighted by atomic mass is 16.5. The molecule has 2 aromatic carbocycles. The van der Waals surface area contributed by atoms with E-state index in [1.165, 1.54) is 0 Å². The van der Waals surface area contributed by atoms with Gasteiger partial charge in [0.1, 0.15) is 17.3 Å². The van der Waals surface area contributed by atoms with Gasteiger partial charge in [-0.15, -0.1) is 0 Å². The normalized spacial score (nSPS) is 10.9. The van der Waals surface area contributed by atoms with Crippen LogP contribution in [0.5, 0.6) is 17.2 Å². The lowest BCUT2D eigenvalue weighted by molar-refractivity contribution is 0.274. The molecule has 8 nitrogen and oxygen atoms in total. The third kappa shape index (κ3) is 4.17. The second-order valence-electron chi connectivity index (χ2n) is 7.16. The van der Waals surface area contributed by atoms with E-state index in [4.69, 9.17) is 19.2 Å². The Labute approximate surface area is 186 Å². The summed E-state index contributed by atoms with van der Waals surface area (Å²) in [4.78, 5) is 8.96. The highest BCUT2D eigenvalue weighted by Gasteiger charge is 2.16. The maximum Gasteiger partial charge on any atom is 0.160 e. The molecule has 0 spiro atoms. The average Bonchev–Trinajstić information content (AvgIpc) is 3.22. The quantitative estimate of drug-likeness (QED) is 0.416. The van der Waals surface area contributed by atoms with Crippen molar-refractivity contribution in [2.45, 2.75) is 13.0 Å². The van der Waals surface area contributed by atoms with Crippen molar-refractivity contribution >= 4 is 11.5 Å². The van der Waals surface area contributed by atoms with Gasteiger partial charge in [0.2, 0.25) is 0 Å². The van der Waals surface area contributed by atoms with Crippen molar-refractivity contribution in [3.8, 4) is 28.5 Å². The molecule has 0 radical (unpaired) electrons. The first-order valence-corrected chi connectivity index (χ1v) is 10.2. The molecule has 4 aromatic rings. The van der Waals surface area contributed by atoms with Gasteiger partial charge in [0.15, 0.2) is 17.1 Å². The number of nitrogens with one attached hydrogen (secondary N) is 1. The molecule has 0 unspecified atom stereocenters. The van der Waals surface area contributed by atoms with E-state index in [0.717, 1.165) is 34.7 Å². The Hall–Kier alpha value is -3.78. The van der Waals surface area contributed by atoms with Crippen LogP contribution in [0.25, 0.3) is 16.9 Å². The summed E-state index contributed by atoms with van der Waals surface area (Å²) in [6.07, 6.45) is 6.11. The van der Waals surface area contributed by atoms with Crippen LogP contribution >= 0.6 is 0 Å². The van der Waals surface area contributed by atoms with Crippen LogP contribution in [0.15, 0.2) is 55.0 Å². The molecule has 0 fully saturated rings. The molecule has 0 bridgehead atoms. The van der Waals surface area contributed by atoms with Crippen LogP contribution in [-0.4, -0.2) is 47.3 Å². The zero-order chi connectivity index (χ0) is 22.5. The number of rotatable bonds is 9. The fraction of sp³-hybridized carbons (Fsp3) is 0.250. The average molecular weight is 434 g/mol. The number of ether oxygens (including phenoxy) is 3. The molecule has 0 aliphatic rings. The maximum absolute atomic E-state index is 9.73. The molecule has 32 heavy (non-hydrogen) atoms. The fourth-order valence-corrected chi connectivity index (χ4v) is 3.69. The Kier molecular flexibility index (Phi) is 6.42. The number of imidazole rings is 1. The highest BCUT2D eigenvalue weighted by molar-refractivity contribution is 5.77. The summed E-state index contributed by atoms with van der Waals surface area (Å²) in [6.45, 7) is 0.565. The van der Waals surface area contributed by atoms with E-state index in [1.807, 2.05) is 47.0 Å². The molecule has 2 heterocycles. The number of fused-ring (bicyclic) bond motifs is 1. The maximum atomic E-state index is 9.73. The van der Waals surface area contributed by atoms with E-state index >= 15 is 0 Å². The Bertz CT molecular complexity index is 1220. The lowest BCUT2D eigenvalue weighted by Crippen LogP contribution is -2.08. The minimum Gasteiger partial charge on any atom is -0.496 e. The lowest BCUT2D eigenvalue weighted by Gasteiger charge is -2.12. The Morgan fingerprint density at radius 3 is 2.50 bits per heavy atom. The van der Waals surface area contributed by atoms with Gasteiger partial charge >= 0.3 is 0 Å². The van der Waals surface area contributed by atoms with Gasteiger partial charge in [-0.1, -0.05) is 6.07 Å². The molecular formula is C24H26N4O4. The number of anilines is 1. The van der Waals surface area contributed by atoms with Crippen LogP contribution in [0.3, 0.4) is 0 Å². The molecule has 4 rings (SSSR count). The SMILES string of the molecule is COc1ccc(-c2nc3cnccn3c2NCCc2ccc(OC)c(OC)c2)cc1CO. The van der Waals surface area contributed by atoms with E-state index in [1.54, 1.807) is 33.7 Å². The van der Waals surface area contributed by atoms with Crippen LogP contribution in [0.2, 0.25) is 0 Å². The van der Waals surface area contributed by atoms with Gasteiger partial charge in [-0.3, -0.25) is 9.38 Å². The summed E-state index contributed by atoms with van der Waals surface area (Å²) >= 11 is 0. The molecule has 2 N–H and O–H groups in total. The molecule has 0 saturated carbocycles. The first-order valence-electron chi connectivity index (χ1n) is 10.2. The first-order chi connectivity index (χ1) is 15.7. The van der Waals surface area contributed by atoms with Gasteiger partial charge in [0.25, 0.3) is 0 Å². The summed E-state index contributed by atoms with van der Waals surface area (Å²) in [5.41, 5.74) is 4.22. The second-order valence-corrected chi connectivity index (χ2v) is 7.16. The molecular weight excluding hydrogens is 408 g/mol. The number of aliphatic hydroxyl groups is 1. The lowest BCUT2D eigenvalue weighted by atomic mass is 10.1. The Morgan fingerprint density at radius 2 is 1.75 bits per heavy atom.